The number of benzene rings is 1. The zero-order chi connectivity index (χ0) is 23.7. The molecule has 10 heteroatoms. The molecule has 0 aromatic heterocycles. The molecule has 1 saturated heterocycles. The van der Waals surface area contributed by atoms with Crippen LogP contribution in [0.1, 0.15) is 57.9 Å². The molecule has 6 nitrogen and oxygen atoms in total. The van der Waals surface area contributed by atoms with Crippen LogP contribution >= 0.6 is 0 Å². The summed E-state index contributed by atoms with van der Waals surface area (Å²) in [4.78, 5) is 14.1. The topological polar surface area (TPSA) is 83.7 Å². The highest BCUT2D eigenvalue weighted by molar-refractivity contribution is 7.89. The van der Waals surface area contributed by atoms with Crippen molar-refractivity contribution < 1.29 is 26.4 Å². The number of hydrogen-bond acceptors (Lipinski definition) is 4. The number of carbonyl (C=O) groups is 1. The zero-order valence-corrected chi connectivity index (χ0v) is 19.3. The summed E-state index contributed by atoms with van der Waals surface area (Å²) in [5.41, 5.74) is 5.09. The highest BCUT2D eigenvalue weighted by atomic mass is 32.2. The fraction of sp³-hybridized carbons (Fsp3) is 0.682. The molecule has 3 rings (SSSR count). The number of sulfonamides is 1. The van der Waals surface area contributed by atoms with Gasteiger partial charge in [-0.1, -0.05) is 19.9 Å². The Hall–Kier alpha value is -1.65. The minimum Gasteiger partial charge on any atom is -0.341 e. The summed E-state index contributed by atoms with van der Waals surface area (Å²) in [6, 6.07) is 2.93. The number of hydrogen-bond donors (Lipinski definition) is 1. The van der Waals surface area contributed by atoms with E-state index in [1.807, 2.05) is 13.8 Å². The van der Waals surface area contributed by atoms with E-state index in [-0.39, 0.29) is 35.9 Å². The van der Waals surface area contributed by atoms with Gasteiger partial charge >= 0.3 is 6.18 Å². The van der Waals surface area contributed by atoms with Gasteiger partial charge in [-0.2, -0.15) is 17.5 Å². The van der Waals surface area contributed by atoms with Crippen LogP contribution in [-0.4, -0.2) is 54.7 Å². The van der Waals surface area contributed by atoms with Crippen molar-refractivity contribution in [2.75, 3.05) is 13.1 Å². The molecule has 1 heterocycles. The number of rotatable bonds is 8. The minimum absolute atomic E-state index is 0.102. The summed E-state index contributed by atoms with van der Waals surface area (Å²) in [5, 5.41) is 0. The van der Waals surface area contributed by atoms with Crippen LogP contribution in [0.15, 0.2) is 29.2 Å². The van der Waals surface area contributed by atoms with Gasteiger partial charge in [-0.25, -0.2) is 8.42 Å². The minimum atomic E-state index is -4.63. The Kier molecular flexibility index (Phi) is 7.56. The second-order valence-electron chi connectivity index (χ2n) is 9.32. The number of alkyl halides is 3. The second kappa shape index (κ2) is 9.69. The van der Waals surface area contributed by atoms with Gasteiger partial charge in [0.15, 0.2) is 0 Å². The number of halogens is 3. The SMILES string of the molecule is CC(C)CC(N)CC(=O)N1CCCC(N(C2CC2)S(=O)(=O)c2cccc(C(F)(F)F)c2)C1. The summed E-state index contributed by atoms with van der Waals surface area (Å²) in [5.74, 6) is 0.268. The molecule has 2 fully saturated rings. The molecule has 1 saturated carbocycles. The van der Waals surface area contributed by atoms with Crippen LogP contribution in [0.2, 0.25) is 0 Å². The van der Waals surface area contributed by atoms with Crippen molar-refractivity contribution in [1.82, 2.24) is 9.21 Å². The van der Waals surface area contributed by atoms with Gasteiger partial charge in [0.25, 0.3) is 0 Å². The van der Waals surface area contributed by atoms with Gasteiger partial charge in [0.1, 0.15) is 0 Å². The maximum Gasteiger partial charge on any atom is 0.416 e. The van der Waals surface area contributed by atoms with Crippen LogP contribution in [0.5, 0.6) is 0 Å². The van der Waals surface area contributed by atoms with Crippen molar-refractivity contribution in [3.8, 4) is 0 Å². The van der Waals surface area contributed by atoms with Crippen molar-refractivity contribution in [2.45, 2.75) is 81.6 Å². The third-order valence-corrected chi connectivity index (χ3v) is 7.96. The molecule has 0 spiro atoms. The maximum atomic E-state index is 13.4. The van der Waals surface area contributed by atoms with E-state index in [4.69, 9.17) is 5.73 Å². The fourth-order valence-corrected chi connectivity index (χ4v) is 6.34. The summed E-state index contributed by atoms with van der Waals surface area (Å²) < 4.78 is 67.6. The second-order valence-corrected chi connectivity index (χ2v) is 11.2. The lowest BCUT2D eigenvalue weighted by Crippen LogP contribution is -2.53. The Balaban J connectivity index is 1.79. The summed E-state index contributed by atoms with van der Waals surface area (Å²) >= 11 is 0. The van der Waals surface area contributed by atoms with E-state index in [1.165, 1.54) is 10.4 Å². The lowest BCUT2D eigenvalue weighted by molar-refractivity contribution is -0.137. The summed E-state index contributed by atoms with van der Waals surface area (Å²) in [6.45, 7) is 4.84. The zero-order valence-electron chi connectivity index (χ0n) is 18.5. The first kappa shape index (κ1) is 25.0. The quantitative estimate of drug-likeness (QED) is 0.623. The smallest absolute Gasteiger partial charge is 0.341 e. The number of nitrogens with zero attached hydrogens (tertiary/aromatic N) is 2. The number of likely N-dealkylation sites (tertiary alicyclic amines) is 1. The van der Waals surface area contributed by atoms with Crippen LogP contribution in [0, 0.1) is 5.92 Å². The Bertz CT molecular complexity index is 916. The van der Waals surface area contributed by atoms with Crippen LogP contribution in [-0.2, 0) is 21.0 Å². The monoisotopic (exact) mass is 475 g/mol. The molecule has 32 heavy (non-hydrogen) atoms. The maximum absolute atomic E-state index is 13.4. The van der Waals surface area contributed by atoms with Crippen LogP contribution < -0.4 is 5.73 Å². The van der Waals surface area contributed by atoms with Gasteiger partial charge in [-0.05, 0) is 56.2 Å². The van der Waals surface area contributed by atoms with Crippen LogP contribution in [0.3, 0.4) is 0 Å². The number of carbonyl (C=O) groups excluding carboxylic acids is 1. The normalized spacial score (nSPS) is 21.2. The van der Waals surface area contributed by atoms with E-state index in [1.54, 1.807) is 4.90 Å². The molecule has 0 bridgehead atoms. The van der Waals surface area contributed by atoms with Crippen molar-refractivity contribution >= 4 is 15.9 Å². The van der Waals surface area contributed by atoms with Crippen molar-refractivity contribution in [3.05, 3.63) is 29.8 Å². The van der Waals surface area contributed by atoms with E-state index >= 15 is 0 Å². The molecule has 0 radical (unpaired) electrons. The first-order valence-corrected chi connectivity index (χ1v) is 12.6. The molecular weight excluding hydrogens is 443 g/mol. The highest BCUT2D eigenvalue weighted by Crippen LogP contribution is 2.38. The third-order valence-electron chi connectivity index (χ3n) is 5.96. The fourth-order valence-electron chi connectivity index (χ4n) is 4.41. The van der Waals surface area contributed by atoms with E-state index in [0.29, 0.717) is 44.2 Å². The Morgan fingerprint density at radius 2 is 1.91 bits per heavy atom. The average molecular weight is 476 g/mol. The summed E-state index contributed by atoms with van der Waals surface area (Å²) in [6.07, 6.45) is -1.16. The Morgan fingerprint density at radius 3 is 2.50 bits per heavy atom. The van der Waals surface area contributed by atoms with Gasteiger partial charge < -0.3 is 10.6 Å². The highest BCUT2D eigenvalue weighted by Gasteiger charge is 2.44. The standard InChI is InChI=1S/C22H32F3N3O3S/c1-15(2)11-17(26)13-21(29)27-10-4-6-19(14-27)28(18-8-9-18)32(30,31)20-7-3-5-16(12-20)22(23,24)25/h3,5,7,12,15,17-19H,4,6,8-11,13-14,26H2,1-2H3. The molecular formula is C22H32F3N3O3S. The first-order chi connectivity index (χ1) is 14.9. The molecule has 2 N–H and O–H groups in total. The molecule has 2 unspecified atom stereocenters. The van der Waals surface area contributed by atoms with E-state index in [9.17, 15) is 26.4 Å². The van der Waals surface area contributed by atoms with Gasteiger partial charge in [-0.3, -0.25) is 4.79 Å². The lowest BCUT2D eigenvalue weighted by Gasteiger charge is -2.39. The first-order valence-electron chi connectivity index (χ1n) is 11.1. The average Bonchev–Trinajstić information content (AvgIpc) is 3.51. The summed E-state index contributed by atoms with van der Waals surface area (Å²) in [7, 11) is -4.14. The third kappa shape index (κ3) is 6.02. The number of amides is 1. The van der Waals surface area contributed by atoms with Crippen LogP contribution in [0.4, 0.5) is 13.2 Å². The number of piperidine rings is 1. The number of nitrogens with two attached hydrogens (primary N) is 1. The molecule has 1 aliphatic carbocycles. The van der Waals surface area contributed by atoms with E-state index < -0.39 is 27.8 Å². The van der Waals surface area contributed by atoms with E-state index in [2.05, 4.69) is 0 Å². The molecule has 2 aliphatic rings. The van der Waals surface area contributed by atoms with Gasteiger partial charge in [0.05, 0.1) is 10.5 Å². The molecule has 1 aliphatic heterocycles. The van der Waals surface area contributed by atoms with Crippen molar-refractivity contribution in [2.24, 2.45) is 11.7 Å². The van der Waals surface area contributed by atoms with Gasteiger partial charge in [0.2, 0.25) is 15.9 Å². The molecule has 1 aromatic carbocycles. The molecule has 180 valence electrons. The largest absolute Gasteiger partial charge is 0.416 e. The van der Waals surface area contributed by atoms with E-state index in [0.717, 1.165) is 18.6 Å². The van der Waals surface area contributed by atoms with Crippen LogP contribution in [0.25, 0.3) is 0 Å². The predicted octanol–water partition coefficient (Wildman–Crippen LogP) is 3.61. The van der Waals surface area contributed by atoms with Crippen molar-refractivity contribution in [1.29, 1.82) is 0 Å². The van der Waals surface area contributed by atoms with Crippen molar-refractivity contribution in [3.63, 3.8) is 0 Å². The molecule has 2 atom stereocenters. The lowest BCUT2D eigenvalue weighted by atomic mass is 10.00. The molecule has 1 aromatic rings. The van der Waals surface area contributed by atoms with Gasteiger partial charge in [-0.15, -0.1) is 0 Å². The predicted molar refractivity (Wildman–Crippen MR) is 115 cm³/mol. The van der Waals surface area contributed by atoms with Gasteiger partial charge in [0, 0.05) is 37.6 Å². The Morgan fingerprint density at radius 1 is 1.22 bits per heavy atom. The molecule has 1 amide bonds. The Labute approximate surface area is 188 Å².